The van der Waals surface area contributed by atoms with Crippen molar-refractivity contribution in [1.29, 1.82) is 0 Å². The molecular weight excluding hydrogens is 747 g/mol. The number of amides is 1. The Balaban J connectivity index is 0.000000248. The fourth-order valence-corrected chi connectivity index (χ4v) is 8.56. The second-order valence-electron chi connectivity index (χ2n) is 16.6. The number of benzene rings is 1. The number of hydrogen-bond acceptors (Lipinski definition) is 7. The summed E-state index contributed by atoms with van der Waals surface area (Å²) in [4.78, 5) is 19.3. The summed E-state index contributed by atoms with van der Waals surface area (Å²) >= 11 is 0. The SMILES string of the molecule is Cl.Cl.FC(F)C1(COC[C@@H]2CCCN(C3CCNCC3)C2)CC1.O=C(OCc1ccccc1)N1CCC(N2CCC[C@@H](COCC3(C(F)F)CC3)C2)CC1. The molecule has 6 aliphatic rings. The van der Waals surface area contributed by atoms with Crippen LogP contribution in [-0.4, -0.2) is 125 Å². The molecule has 4 saturated heterocycles. The monoisotopic (exact) mass is 810 g/mol. The van der Waals surface area contributed by atoms with Crippen LogP contribution in [0.25, 0.3) is 0 Å². The van der Waals surface area contributed by atoms with E-state index < -0.39 is 23.7 Å². The first-order valence-corrected chi connectivity index (χ1v) is 20.1. The molecule has 1 N–H and O–H groups in total. The number of carbonyl (C=O) groups excluding carboxylic acids is 1. The van der Waals surface area contributed by atoms with Crippen molar-refractivity contribution in [1.82, 2.24) is 20.0 Å². The summed E-state index contributed by atoms with van der Waals surface area (Å²) in [6, 6.07) is 10.9. The number of piperidine rings is 4. The number of ether oxygens (including phenoxy) is 3. The average Bonchev–Trinajstić information content (AvgIpc) is 4.12. The van der Waals surface area contributed by atoms with Gasteiger partial charge in [0.1, 0.15) is 6.61 Å². The first-order valence-electron chi connectivity index (χ1n) is 20.1. The number of nitrogens with zero attached hydrogens (tertiary/aromatic N) is 3. The van der Waals surface area contributed by atoms with Crippen molar-refractivity contribution < 1.29 is 36.6 Å². The van der Waals surface area contributed by atoms with Gasteiger partial charge in [0.2, 0.25) is 12.9 Å². The van der Waals surface area contributed by atoms with Crippen molar-refractivity contribution in [2.45, 2.75) is 109 Å². The Morgan fingerprint density at radius 2 is 1.19 bits per heavy atom. The van der Waals surface area contributed by atoms with Crippen molar-refractivity contribution in [3.63, 3.8) is 0 Å². The topological polar surface area (TPSA) is 66.5 Å². The van der Waals surface area contributed by atoms with Crippen LogP contribution in [0.4, 0.5) is 22.4 Å². The summed E-state index contributed by atoms with van der Waals surface area (Å²) in [7, 11) is 0. The first-order chi connectivity index (χ1) is 25.3. The molecule has 0 bridgehead atoms. The molecule has 4 aliphatic heterocycles. The third-order valence-electron chi connectivity index (χ3n) is 12.6. The highest BCUT2D eigenvalue weighted by Gasteiger charge is 2.52. The van der Waals surface area contributed by atoms with Crippen LogP contribution >= 0.6 is 24.8 Å². The molecule has 1 aromatic rings. The molecule has 14 heteroatoms. The lowest BCUT2D eigenvalue weighted by atomic mass is 9.94. The Kier molecular flexibility index (Phi) is 18.4. The van der Waals surface area contributed by atoms with Crippen LogP contribution in [0.2, 0.25) is 0 Å². The van der Waals surface area contributed by atoms with Crippen LogP contribution in [0, 0.1) is 22.7 Å². The van der Waals surface area contributed by atoms with E-state index in [1.807, 2.05) is 35.2 Å². The van der Waals surface area contributed by atoms with Crippen LogP contribution in [-0.2, 0) is 20.8 Å². The van der Waals surface area contributed by atoms with Crippen molar-refractivity contribution in [2.75, 3.05) is 78.8 Å². The summed E-state index contributed by atoms with van der Waals surface area (Å²) in [5, 5.41) is 3.41. The zero-order valence-corrected chi connectivity index (χ0v) is 33.5. The fraction of sp³-hybridized carbons (Fsp3) is 0.825. The van der Waals surface area contributed by atoms with Gasteiger partial charge in [0, 0.05) is 38.3 Å². The number of carbonyl (C=O) groups is 1. The van der Waals surface area contributed by atoms with Gasteiger partial charge in [-0.25, -0.2) is 22.4 Å². The zero-order valence-electron chi connectivity index (χ0n) is 31.8. The number of alkyl halides is 4. The second kappa shape index (κ2) is 21.9. The van der Waals surface area contributed by atoms with Gasteiger partial charge in [-0.3, -0.25) is 9.80 Å². The number of nitrogens with one attached hydrogen (secondary N) is 1. The van der Waals surface area contributed by atoms with Crippen LogP contribution in [0.5, 0.6) is 0 Å². The maximum absolute atomic E-state index is 13.0. The van der Waals surface area contributed by atoms with Crippen molar-refractivity contribution in [3.8, 4) is 0 Å². The minimum Gasteiger partial charge on any atom is -0.445 e. The molecule has 0 unspecified atom stereocenters. The summed E-state index contributed by atoms with van der Waals surface area (Å²) in [5.41, 5.74) is -0.645. The van der Waals surface area contributed by atoms with Gasteiger partial charge in [-0.2, -0.15) is 0 Å². The summed E-state index contributed by atoms with van der Waals surface area (Å²) in [6.07, 6.45) is 6.73. The maximum Gasteiger partial charge on any atom is 0.410 e. The highest BCUT2D eigenvalue weighted by atomic mass is 35.5. The van der Waals surface area contributed by atoms with Crippen molar-refractivity contribution in [3.05, 3.63) is 35.9 Å². The Morgan fingerprint density at radius 1 is 0.704 bits per heavy atom. The van der Waals surface area contributed by atoms with Crippen LogP contribution in [0.3, 0.4) is 0 Å². The Labute approximate surface area is 332 Å². The molecule has 2 saturated carbocycles. The molecule has 1 aromatic carbocycles. The van der Waals surface area contributed by atoms with Gasteiger partial charge in [-0.15, -0.1) is 24.8 Å². The number of halogens is 6. The fourth-order valence-electron chi connectivity index (χ4n) is 8.56. The minimum absolute atomic E-state index is 0. The third kappa shape index (κ3) is 13.1. The highest BCUT2D eigenvalue weighted by molar-refractivity contribution is 5.85. The first kappa shape index (κ1) is 45.3. The van der Waals surface area contributed by atoms with Crippen LogP contribution in [0.1, 0.15) is 82.6 Å². The van der Waals surface area contributed by atoms with Gasteiger partial charge >= 0.3 is 6.09 Å². The van der Waals surface area contributed by atoms with Gasteiger partial charge in [-0.05, 0) is 121 Å². The van der Waals surface area contributed by atoms with E-state index in [9.17, 15) is 22.4 Å². The number of rotatable bonds is 14. The van der Waals surface area contributed by atoms with E-state index in [1.54, 1.807) is 0 Å². The quantitative estimate of drug-likeness (QED) is 0.192. The second-order valence-corrected chi connectivity index (χ2v) is 16.6. The molecule has 6 fully saturated rings. The van der Waals surface area contributed by atoms with E-state index in [4.69, 9.17) is 14.2 Å². The van der Waals surface area contributed by atoms with Gasteiger partial charge in [0.05, 0.1) is 37.3 Å². The Hall–Kier alpha value is -1.41. The van der Waals surface area contributed by atoms with Crippen LogP contribution < -0.4 is 5.32 Å². The van der Waals surface area contributed by atoms with Crippen LogP contribution in [0.15, 0.2) is 30.3 Å². The Bertz CT molecular complexity index is 1220. The van der Waals surface area contributed by atoms with E-state index in [1.165, 1.54) is 32.2 Å². The molecular formula is C40H64Cl2F4N4O4. The summed E-state index contributed by atoms with van der Waals surface area (Å²) in [5.74, 6) is 0.943. The molecule has 2 atom stereocenters. The molecule has 4 heterocycles. The maximum atomic E-state index is 13.0. The highest BCUT2D eigenvalue weighted by Crippen LogP contribution is 2.51. The molecule has 0 spiro atoms. The van der Waals surface area contributed by atoms with E-state index in [0.29, 0.717) is 82.5 Å². The summed E-state index contributed by atoms with van der Waals surface area (Å²) in [6.45, 7) is 10.0. The predicted molar refractivity (Wildman–Crippen MR) is 207 cm³/mol. The van der Waals surface area contributed by atoms with Crippen molar-refractivity contribution >= 4 is 30.9 Å². The average molecular weight is 812 g/mol. The largest absolute Gasteiger partial charge is 0.445 e. The van der Waals surface area contributed by atoms with Crippen molar-refractivity contribution in [2.24, 2.45) is 22.7 Å². The molecule has 1 amide bonds. The standard InChI is InChI=1S/C24H34F2N2O3.C16H28F2N2O.2ClH/c25-22(26)24(10-11-24)18-30-16-20-7-4-12-28(15-20)21-8-13-27(14-9-21)23(29)31-17-19-5-2-1-3-6-19;17-15(18)16(5-6-16)12-21-11-13-2-1-9-20(10-13)14-3-7-19-8-4-14;;/h1-3,5-6,20-22H,4,7-18H2;13-15,19H,1-12H2;2*1H/t20-;13-;;/m11../s1. The molecule has 54 heavy (non-hydrogen) atoms. The summed E-state index contributed by atoms with van der Waals surface area (Å²) < 4.78 is 68.7. The van der Waals surface area contributed by atoms with E-state index in [0.717, 1.165) is 64.0 Å². The molecule has 310 valence electrons. The van der Waals surface area contributed by atoms with Gasteiger partial charge in [-0.1, -0.05) is 30.3 Å². The van der Waals surface area contributed by atoms with Gasteiger partial charge in [0.15, 0.2) is 0 Å². The minimum atomic E-state index is -2.26. The molecule has 0 radical (unpaired) electrons. The van der Waals surface area contributed by atoms with E-state index in [2.05, 4.69) is 15.1 Å². The number of hydrogen-bond donors (Lipinski definition) is 1. The molecule has 2 aliphatic carbocycles. The molecule has 7 rings (SSSR count). The lowest BCUT2D eigenvalue weighted by Crippen LogP contribution is -2.50. The normalized spacial score (nSPS) is 25.9. The van der Waals surface area contributed by atoms with E-state index >= 15 is 0 Å². The van der Waals surface area contributed by atoms with E-state index in [-0.39, 0.29) is 44.1 Å². The smallest absolute Gasteiger partial charge is 0.410 e. The predicted octanol–water partition coefficient (Wildman–Crippen LogP) is 7.92. The lowest BCUT2D eigenvalue weighted by molar-refractivity contribution is -0.0271. The molecule has 0 aromatic heterocycles. The molecule has 8 nitrogen and oxygen atoms in total. The zero-order chi connectivity index (χ0) is 36.4. The van der Waals surface area contributed by atoms with Gasteiger partial charge < -0.3 is 24.4 Å². The Morgan fingerprint density at radius 3 is 1.65 bits per heavy atom. The number of likely N-dealkylation sites (tertiary alicyclic amines) is 3. The lowest BCUT2D eigenvalue weighted by Gasteiger charge is -2.42. The van der Waals surface area contributed by atoms with Gasteiger partial charge in [0.25, 0.3) is 0 Å². The third-order valence-corrected chi connectivity index (χ3v) is 12.6.